The van der Waals surface area contributed by atoms with E-state index in [1.165, 1.54) is 5.56 Å². The molecule has 34 heavy (non-hydrogen) atoms. The number of aromatic nitrogens is 2. The van der Waals surface area contributed by atoms with Crippen molar-refractivity contribution in [1.82, 2.24) is 20.4 Å². The monoisotopic (exact) mass is 476 g/mol. The van der Waals surface area contributed by atoms with Crippen LogP contribution in [0.2, 0.25) is 0 Å². The molecule has 1 N–H and O–H groups in total. The number of hydrogen-bond acceptors (Lipinski definition) is 6. The third-order valence-corrected chi connectivity index (χ3v) is 6.27. The summed E-state index contributed by atoms with van der Waals surface area (Å²) in [6.45, 7) is 8.59. The Bertz CT molecular complexity index is 1230. The molecule has 0 fully saturated rings. The molecule has 7 nitrogen and oxygen atoms in total. The van der Waals surface area contributed by atoms with E-state index < -0.39 is 0 Å². The molecule has 1 unspecified atom stereocenters. The highest BCUT2D eigenvalue weighted by molar-refractivity contribution is 7.80. The van der Waals surface area contributed by atoms with Crippen LogP contribution in [0.4, 0.5) is 0 Å². The molecule has 0 radical (unpaired) electrons. The van der Waals surface area contributed by atoms with Gasteiger partial charge in [0.05, 0.1) is 25.8 Å². The zero-order chi connectivity index (χ0) is 24.2. The van der Waals surface area contributed by atoms with Gasteiger partial charge >= 0.3 is 0 Å². The number of thiocarbonyl (C=S) groups is 1. The minimum absolute atomic E-state index is 0.224. The van der Waals surface area contributed by atoms with Gasteiger partial charge in [0.2, 0.25) is 5.82 Å². The average Bonchev–Trinajstić information content (AvgIpc) is 3.35. The van der Waals surface area contributed by atoms with Crippen LogP contribution in [-0.4, -0.2) is 40.9 Å². The van der Waals surface area contributed by atoms with Crippen molar-refractivity contribution in [2.24, 2.45) is 0 Å². The second kappa shape index (κ2) is 10.1. The van der Waals surface area contributed by atoms with Crippen LogP contribution < -0.4 is 14.8 Å². The van der Waals surface area contributed by atoms with Gasteiger partial charge in [-0.2, -0.15) is 4.98 Å². The van der Waals surface area contributed by atoms with Crippen LogP contribution in [-0.2, 0) is 6.42 Å². The second-order valence-electron chi connectivity index (χ2n) is 7.87. The van der Waals surface area contributed by atoms with Gasteiger partial charge in [-0.25, -0.2) is 0 Å². The van der Waals surface area contributed by atoms with E-state index in [1.807, 2.05) is 36.1 Å². The maximum atomic E-state index is 5.79. The molecule has 1 aliphatic heterocycles. The molecule has 3 aromatic rings. The first kappa shape index (κ1) is 23.5. The molecule has 0 aliphatic carbocycles. The van der Waals surface area contributed by atoms with Gasteiger partial charge in [0.15, 0.2) is 16.6 Å². The number of nitrogens with one attached hydrogen (secondary N) is 1. The predicted molar refractivity (Wildman–Crippen MR) is 137 cm³/mol. The van der Waals surface area contributed by atoms with Crippen LogP contribution in [0, 0.1) is 0 Å². The number of benzene rings is 2. The third kappa shape index (κ3) is 4.41. The highest BCUT2D eigenvalue weighted by Gasteiger charge is 2.33. The van der Waals surface area contributed by atoms with Gasteiger partial charge in [0.25, 0.3) is 5.89 Å². The minimum Gasteiger partial charge on any atom is -0.493 e. The zero-order valence-electron chi connectivity index (χ0n) is 19.8. The summed E-state index contributed by atoms with van der Waals surface area (Å²) < 4.78 is 16.5. The molecular weight excluding hydrogens is 448 g/mol. The standard InChI is InChI=1S/C26H28N4O3S/c1-6-14-30-16(3)22(23(27-26(30)34)18-10-8-17(7-2)9-11-18)25-28-24(29-33-25)19-12-13-20(31-4)21(15-19)32-5/h6,8-13,15,23H,1,7,14H2,2-5H3,(H,27,34). The van der Waals surface area contributed by atoms with Crippen molar-refractivity contribution in [3.63, 3.8) is 0 Å². The van der Waals surface area contributed by atoms with Crippen molar-refractivity contribution < 1.29 is 14.0 Å². The van der Waals surface area contributed by atoms with Crippen molar-refractivity contribution in [1.29, 1.82) is 0 Å². The molecule has 8 heteroatoms. The molecule has 0 spiro atoms. The van der Waals surface area contributed by atoms with Crippen LogP contribution >= 0.6 is 12.2 Å². The summed E-state index contributed by atoms with van der Waals surface area (Å²) in [6, 6.07) is 13.8. The zero-order valence-corrected chi connectivity index (χ0v) is 20.6. The summed E-state index contributed by atoms with van der Waals surface area (Å²) in [6.07, 6.45) is 2.79. The average molecular weight is 477 g/mol. The van der Waals surface area contributed by atoms with Crippen LogP contribution in [0.15, 0.2) is 65.3 Å². The first-order chi connectivity index (χ1) is 16.5. The number of aryl methyl sites for hydroxylation is 1. The topological polar surface area (TPSA) is 72.7 Å². The number of rotatable bonds is 8. The van der Waals surface area contributed by atoms with Crippen molar-refractivity contribution in [3.8, 4) is 22.9 Å². The first-order valence-electron chi connectivity index (χ1n) is 11.1. The van der Waals surface area contributed by atoms with E-state index in [0.717, 1.165) is 28.8 Å². The van der Waals surface area contributed by atoms with E-state index in [-0.39, 0.29) is 6.04 Å². The molecular formula is C26H28N4O3S. The van der Waals surface area contributed by atoms with Gasteiger partial charge in [0.1, 0.15) is 0 Å². The van der Waals surface area contributed by atoms with Crippen LogP contribution in [0.25, 0.3) is 17.0 Å². The predicted octanol–water partition coefficient (Wildman–Crippen LogP) is 5.16. The van der Waals surface area contributed by atoms with Crippen LogP contribution in [0.5, 0.6) is 11.5 Å². The lowest BCUT2D eigenvalue weighted by Gasteiger charge is -2.36. The highest BCUT2D eigenvalue weighted by atomic mass is 32.1. The SMILES string of the molecule is C=CCN1C(=S)NC(c2ccc(CC)cc2)C(c2nc(-c3ccc(OC)c(OC)c3)no2)=C1C. The van der Waals surface area contributed by atoms with E-state index in [1.54, 1.807) is 14.2 Å². The van der Waals surface area contributed by atoms with Gasteiger partial charge in [-0.15, -0.1) is 6.58 Å². The first-order valence-corrected chi connectivity index (χ1v) is 11.5. The van der Waals surface area contributed by atoms with E-state index in [9.17, 15) is 0 Å². The Balaban J connectivity index is 1.79. The largest absolute Gasteiger partial charge is 0.493 e. The summed E-state index contributed by atoms with van der Waals surface area (Å²) >= 11 is 5.67. The molecule has 0 saturated heterocycles. The number of ether oxygens (including phenoxy) is 2. The van der Waals surface area contributed by atoms with Crippen molar-refractivity contribution in [2.45, 2.75) is 26.3 Å². The summed E-state index contributed by atoms with van der Waals surface area (Å²) in [5.74, 6) is 2.11. The summed E-state index contributed by atoms with van der Waals surface area (Å²) in [7, 11) is 3.19. The Labute approximate surface area is 205 Å². The highest BCUT2D eigenvalue weighted by Crippen LogP contribution is 2.38. The van der Waals surface area contributed by atoms with E-state index in [0.29, 0.717) is 34.9 Å². The Morgan fingerprint density at radius 1 is 1.15 bits per heavy atom. The fraction of sp³-hybridized carbons (Fsp3) is 0.269. The quantitative estimate of drug-likeness (QED) is 0.353. The molecule has 0 saturated carbocycles. The fourth-order valence-electron chi connectivity index (χ4n) is 4.03. The Hall–Kier alpha value is -3.65. The molecule has 1 atom stereocenters. The Kier molecular flexibility index (Phi) is 6.98. The lowest BCUT2D eigenvalue weighted by atomic mass is 9.94. The Morgan fingerprint density at radius 2 is 1.88 bits per heavy atom. The smallest absolute Gasteiger partial charge is 0.258 e. The second-order valence-corrected chi connectivity index (χ2v) is 8.26. The maximum absolute atomic E-state index is 5.79. The van der Waals surface area contributed by atoms with Gasteiger partial charge in [-0.05, 0) is 54.9 Å². The van der Waals surface area contributed by atoms with Gasteiger partial charge in [0, 0.05) is 17.8 Å². The number of hydrogen-bond donors (Lipinski definition) is 1. The summed E-state index contributed by atoms with van der Waals surface area (Å²) in [5.41, 5.74) is 4.91. The molecule has 2 heterocycles. The lowest BCUT2D eigenvalue weighted by Crippen LogP contribution is -2.45. The normalized spacial score (nSPS) is 15.8. The van der Waals surface area contributed by atoms with Gasteiger partial charge in [-0.3, -0.25) is 0 Å². The third-order valence-electron chi connectivity index (χ3n) is 5.93. The lowest BCUT2D eigenvalue weighted by molar-refractivity contribution is 0.355. The summed E-state index contributed by atoms with van der Waals surface area (Å²) in [5, 5.41) is 8.34. The van der Waals surface area contributed by atoms with Crippen molar-refractivity contribution >= 4 is 22.9 Å². The van der Waals surface area contributed by atoms with Gasteiger partial charge in [-0.1, -0.05) is 42.4 Å². The number of allylic oxidation sites excluding steroid dienone is 1. The summed E-state index contributed by atoms with van der Waals surface area (Å²) in [4.78, 5) is 6.73. The molecule has 4 rings (SSSR count). The maximum Gasteiger partial charge on any atom is 0.258 e. The molecule has 0 amide bonds. The number of nitrogens with zero attached hydrogens (tertiary/aromatic N) is 3. The molecule has 1 aromatic heterocycles. The fourth-order valence-corrected chi connectivity index (χ4v) is 4.36. The van der Waals surface area contributed by atoms with Crippen LogP contribution in [0.1, 0.15) is 36.9 Å². The van der Waals surface area contributed by atoms with E-state index in [2.05, 4.69) is 48.2 Å². The van der Waals surface area contributed by atoms with Crippen molar-refractivity contribution in [2.75, 3.05) is 20.8 Å². The Morgan fingerprint density at radius 3 is 2.53 bits per heavy atom. The molecule has 0 bridgehead atoms. The van der Waals surface area contributed by atoms with Crippen molar-refractivity contribution in [3.05, 3.63) is 77.8 Å². The van der Waals surface area contributed by atoms with E-state index >= 15 is 0 Å². The van der Waals surface area contributed by atoms with Gasteiger partial charge < -0.3 is 24.2 Å². The van der Waals surface area contributed by atoms with Crippen LogP contribution in [0.3, 0.4) is 0 Å². The minimum atomic E-state index is -0.224. The molecule has 176 valence electrons. The number of methoxy groups -OCH3 is 2. The van der Waals surface area contributed by atoms with E-state index in [4.69, 9.17) is 31.2 Å². The molecule has 2 aromatic carbocycles. The molecule has 1 aliphatic rings.